The number of furan rings is 1. The molecule has 0 saturated heterocycles. The topological polar surface area (TPSA) is 19.6 Å². The van der Waals surface area contributed by atoms with E-state index in [0.29, 0.717) is 0 Å². The van der Waals surface area contributed by atoms with E-state index >= 15 is 0 Å². The standard InChI is InChI=1S/C116H71BN2O/c1-5-31-72(32-6-1)82-48-27-49-83(73-33-7-2-8-34-73)113(82)118-104-64-61-77(80-46-29-58-100-110(80)91-44-17-24-56-98(91)115(100)94-52-20-13-39-86(94)87-40-14-21-53-95(87)115)68-102(104)117-103-69-78(81-47-30-59-101-111(81)92-45-18-25-57-99(92)116(101)96-54-22-15-41-88(96)89-42-16-23-55-97(89)116)62-65-105(103)119(114-84(74-35-9-3-10-36-74)50-28-51-85(114)75-37-11-4-12-38-75)107-71-79(70-106(118)112(107)117)76-63-66-109-93(67-76)90-43-19-26-60-108(90)120-109/h1-71H. The molecule has 120 heavy (non-hydrogen) atoms. The first-order valence-corrected chi connectivity index (χ1v) is 41.9. The van der Waals surface area contributed by atoms with E-state index in [0.717, 1.165) is 123 Å². The molecule has 2 aliphatic heterocycles. The molecule has 0 unspecified atom stereocenters. The molecule has 554 valence electrons. The Hall–Kier alpha value is -15.4. The fourth-order valence-corrected chi connectivity index (χ4v) is 22.6. The van der Waals surface area contributed by atoms with Gasteiger partial charge in [-0.3, -0.25) is 0 Å². The lowest BCUT2D eigenvalue weighted by atomic mass is 9.33. The van der Waals surface area contributed by atoms with E-state index < -0.39 is 10.8 Å². The van der Waals surface area contributed by atoms with Gasteiger partial charge in [-0.25, -0.2) is 0 Å². The normalized spacial score (nSPS) is 13.8. The number of benzene rings is 19. The Kier molecular flexibility index (Phi) is 14.3. The summed E-state index contributed by atoms with van der Waals surface area (Å²) in [6.45, 7) is -0.372. The van der Waals surface area contributed by atoms with Crippen molar-refractivity contribution in [2.45, 2.75) is 10.8 Å². The zero-order chi connectivity index (χ0) is 78.5. The monoisotopic (exact) mass is 1520 g/mol. The van der Waals surface area contributed by atoms with Gasteiger partial charge >= 0.3 is 0 Å². The third kappa shape index (κ3) is 9.14. The van der Waals surface area contributed by atoms with Crippen molar-refractivity contribution in [1.82, 2.24) is 0 Å². The number of nitrogens with zero attached hydrogens (tertiary/aromatic N) is 2. The maximum Gasteiger partial charge on any atom is 0.252 e. The molecule has 4 aliphatic carbocycles. The summed E-state index contributed by atoms with van der Waals surface area (Å²) in [5, 5.41) is 2.16. The molecule has 3 heterocycles. The van der Waals surface area contributed by atoms with Gasteiger partial charge in [0, 0.05) is 55.8 Å². The fraction of sp³-hybridized carbons (Fsp3) is 0.0172. The zero-order valence-electron chi connectivity index (χ0n) is 65.4. The van der Waals surface area contributed by atoms with Crippen LogP contribution >= 0.6 is 0 Å². The summed E-state index contributed by atoms with van der Waals surface area (Å²) < 4.78 is 6.71. The van der Waals surface area contributed by atoms with Crippen LogP contribution in [0.3, 0.4) is 0 Å². The second-order valence-corrected chi connectivity index (χ2v) is 33.0. The smallest absolute Gasteiger partial charge is 0.252 e. The van der Waals surface area contributed by atoms with Gasteiger partial charge in [0.2, 0.25) is 0 Å². The third-order valence-corrected chi connectivity index (χ3v) is 27.3. The van der Waals surface area contributed by atoms with Crippen LogP contribution in [0.4, 0.5) is 34.1 Å². The average molecular weight is 1520 g/mol. The molecule has 0 atom stereocenters. The number of para-hydroxylation sites is 3. The van der Waals surface area contributed by atoms with E-state index in [1.165, 1.54) is 117 Å². The van der Waals surface area contributed by atoms with Gasteiger partial charge in [-0.1, -0.05) is 388 Å². The van der Waals surface area contributed by atoms with E-state index in [-0.39, 0.29) is 6.71 Å². The number of fused-ring (bicyclic) bond motifs is 27. The first-order valence-electron chi connectivity index (χ1n) is 41.9. The van der Waals surface area contributed by atoms with Gasteiger partial charge in [0.25, 0.3) is 6.71 Å². The number of anilines is 6. The molecule has 4 heteroatoms. The largest absolute Gasteiger partial charge is 0.456 e. The first-order chi connectivity index (χ1) is 59.6. The summed E-state index contributed by atoms with van der Waals surface area (Å²) in [5.74, 6) is 0. The van der Waals surface area contributed by atoms with Crippen LogP contribution < -0.4 is 26.2 Å². The van der Waals surface area contributed by atoms with E-state index in [9.17, 15) is 0 Å². The zero-order valence-corrected chi connectivity index (χ0v) is 65.4. The maximum atomic E-state index is 6.71. The van der Waals surface area contributed by atoms with Gasteiger partial charge in [-0.05, 0) is 204 Å². The quantitative estimate of drug-likeness (QED) is 0.134. The second-order valence-electron chi connectivity index (χ2n) is 33.0. The predicted molar refractivity (Wildman–Crippen MR) is 498 cm³/mol. The van der Waals surface area contributed by atoms with Crippen LogP contribution in [0.1, 0.15) is 44.5 Å². The lowest BCUT2D eigenvalue weighted by molar-refractivity contribution is 0.669. The molecule has 20 aromatic rings. The Bertz CT molecular complexity index is 7150. The lowest BCUT2D eigenvalue weighted by Crippen LogP contribution is -2.61. The predicted octanol–water partition coefficient (Wildman–Crippen LogP) is 28.0. The molecule has 0 fully saturated rings. The van der Waals surface area contributed by atoms with Gasteiger partial charge in [0.15, 0.2) is 0 Å². The highest BCUT2D eigenvalue weighted by Gasteiger charge is 2.55. The van der Waals surface area contributed by atoms with Crippen molar-refractivity contribution in [3.63, 3.8) is 0 Å². The van der Waals surface area contributed by atoms with Crippen molar-refractivity contribution in [1.29, 1.82) is 0 Å². The molecule has 19 aromatic carbocycles. The van der Waals surface area contributed by atoms with Crippen molar-refractivity contribution in [2.75, 3.05) is 9.80 Å². The molecule has 3 nitrogen and oxygen atoms in total. The summed E-state index contributed by atoms with van der Waals surface area (Å²) >= 11 is 0. The number of rotatable bonds is 9. The highest BCUT2D eigenvalue weighted by atomic mass is 16.3. The molecule has 0 radical (unpaired) electrons. The Morgan fingerprint density at radius 1 is 0.192 bits per heavy atom. The molecular weight excluding hydrogens is 1450 g/mol. The van der Waals surface area contributed by atoms with E-state index in [2.05, 4.69) is 441 Å². The first kappa shape index (κ1) is 66.9. The molecule has 2 spiro atoms. The van der Waals surface area contributed by atoms with E-state index in [1.54, 1.807) is 0 Å². The summed E-state index contributed by atoms with van der Waals surface area (Å²) in [6, 6.07) is 164. The van der Waals surface area contributed by atoms with Crippen molar-refractivity contribution >= 4 is 79.2 Å². The van der Waals surface area contributed by atoms with E-state index in [4.69, 9.17) is 4.42 Å². The van der Waals surface area contributed by atoms with Crippen LogP contribution in [0, 0.1) is 0 Å². The number of hydrogen-bond acceptors (Lipinski definition) is 3. The maximum absolute atomic E-state index is 6.71. The van der Waals surface area contributed by atoms with Crippen molar-refractivity contribution in [3.05, 3.63) is 475 Å². The van der Waals surface area contributed by atoms with Crippen molar-refractivity contribution in [3.8, 4) is 122 Å². The SMILES string of the molecule is c1ccc(-c2cccc(-c3ccccc3)c2N2c3ccc(-c4cccc5c4-c4ccccc4C54c5ccccc5-c5ccccc54)cc3B3c4cc(-c5cccc6c5-c5ccccc5C65c6ccccc6-c6ccccc65)ccc4N(c4c(-c5ccccc5)cccc4-c4ccccc4)c4cc(-c5ccc6oc7ccccc7c6c5)cc2c43)cc1. The van der Waals surface area contributed by atoms with Gasteiger partial charge in [-0.15, -0.1) is 0 Å². The minimum absolute atomic E-state index is 0.372. The summed E-state index contributed by atoms with van der Waals surface area (Å²) in [6.07, 6.45) is 0. The molecule has 0 bridgehead atoms. The van der Waals surface area contributed by atoms with Gasteiger partial charge in [0.1, 0.15) is 11.2 Å². The minimum Gasteiger partial charge on any atom is -0.456 e. The Balaban J connectivity index is 0.815. The molecule has 6 aliphatic rings. The average Bonchev–Trinajstić information content (AvgIpc) is 1.58. The Morgan fingerprint density at radius 3 is 0.908 bits per heavy atom. The summed E-state index contributed by atoms with van der Waals surface area (Å²) in [4.78, 5) is 5.40. The van der Waals surface area contributed by atoms with Crippen LogP contribution in [-0.2, 0) is 10.8 Å². The molecule has 26 rings (SSSR count). The molecular formula is C116H71BN2O. The Labute approximate surface area is 697 Å². The third-order valence-electron chi connectivity index (χ3n) is 27.3. The molecule has 0 amide bonds. The van der Waals surface area contributed by atoms with Crippen molar-refractivity contribution < 1.29 is 4.42 Å². The molecule has 0 saturated carbocycles. The van der Waals surface area contributed by atoms with Crippen molar-refractivity contribution in [2.24, 2.45) is 0 Å². The van der Waals surface area contributed by atoms with Crippen LogP contribution in [0.5, 0.6) is 0 Å². The van der Waals surface area contributed by atoms with Crippen LogP contribution in [0.25, 0.3) is 144 Å². The highest BCUT2D eigenvalue weighted by Crippen LogP contribution is 2.67. The van der Waals surface area contributed by atoms with Gasteiger partial charge in [-0.2, -0.15) is 0 Å². The van der Waals surface area contributed by atoms with E-state index in [1.807, 2.05) is 0 Å². The van der Waals surface area contributed by atoms with Crippen LogP contribution in [-0.4, -0.2) is 6.71 Å². The summed E-state index contributed by atoms with van der Waals surface area (Å²) in [5.41, 5.74) is 47.4. The van der Waals surface area contributed by atoms with Gasteiger partial charge < -0.3 is 14.2 Å². The second kappa shape index (κ2) is 25.6. The lowest BCUT2D eigenvalue weighted by Gasteiger charge is -2.46. The number of hydrogen-bond donors (Lipinski definition) is 0. The molecule has 1 aromatic heterocycles. The van der Waals surface area contributed by atoms with Crippen LogP contribution in [0.15, 0.2) is 435 Å². The molecule has 0 N–H and O–H groups in total. The summed E-state index contributed by atoms with van der Waals surface area (Å²) in [7, 11) is 0. The minimum atomic E-state index is -0.547. The van der Waals surface area contributed by atoms with Crippen LogP contribution in [0.2, 0.25) is 0 Å². The highest BCUT2D eigenvalue weighted by molar-refractivity contribution is 7.00. The van der Waals surface area contributed by atoms with Gasteiger partial charge in [0.05, 0.1) is 22.2 Å². The Morgan fingerprint density at radius 2 is 0.500 bits per heavy atom. The fourth-order valence-electron chi connectivity index (χ4n) is 22.6.